The van der Waals surface area contributed by atoms with Crippen LogP contribution < -0.4 is 4.74 Å². The molecule has 35 heavy (non-hydrogen) atoms. The first-order chi connectivity index (χ1) is 16.7. The standard InChI is InChI=1S/C27H42N4O4/c1-6-29-16-12-27(34)23-17-20-9-10-21(35-5)18-22(20)26(27,19-24(32)31(7-2)25(29)33)11-15-30(23)14-8-13-28(3)4/h9-10,18,23,34H,6-8,11-17,19H2,1-5H3. The number of rotatable bonds is 7. The van der Waals surface area contributed by atoms with Crippen LogP contribution in [-0.2, 0) is 16.6 Å². The number of hydrogen-bond donors (Lipinski definition) is 1. The lowest BCUT2D eigenvalue weighted by Crippen LogP contribution is -2.72. The van der Waals surface area contributed by atoms with Crippen molar-refractivity contribution in [2.45, 2.75) is 63.0 Å². The van der Waals surface area contributed by atoms with Gasteiger partial charge in [-0.3, -0.25) is 14.6 Å². The normalized spacial score (nSPS) is 29.4. The number of carbonyl (C=O) groups excluding carboxylic acids is 2. The minimum atomic E-state index is -1.13. The van der Waals surface area contributed by atoms with Gasteiger partial charge in [0.15, 0.2) is 0 Å². The van der Waals surface area contributed by atoms with Crippen LogP contribution in [0.25, 0.3) is 0 Å². The first kappa shape index (κ1) is 25.9. The van der Waals surface area contributed by atoms with Crippen LogP contribution in [0.4, 0.5) is 4.79 Å². The molecular weight excluding hydrogens is 444 g/mol. The van der Waals surface area contributed by atoms with E-state index in [0.717, 1.165) is 43.8 Å². The van der Waals surface area contributed by atoms with Crippen LogP contribution in [0.3, 0.4) is 0 Å². The fourth-order valence-corrected chi connectivity index (χ4v) is 6.75. The quantitative estimate of drug-likeness (QED) is 0.638. The summed E-state index contributed by atoms with van der Waals surface area (Å²) in [4.78, 5) is 34.7. The van der Waals surface area contributed by atoms with E-state index in [1.54, 1.807) is 12.0 Å². The van der Waals surface area contributed by atoms with E-state index in [-0.39, 0.29) is 24.4 Å². The molecule has 8 heteroatoms. The number of carbonyl (C=O) groups is 2. The highest BCUT2D eigenvalue weighted by atomic mass is 16.5. The van der Waals surface area contributed by atoms with Crippen LogP contribution >= 0.6 is 0 Å². The van der Waals surface area contributed by atoms with E-state index in [2.05, 4.69) is 30.0 Å². The second kappa shape index (κ2) is 10.1. The van der Waals surface area contributed by atoms with Crippen LogP contribution in [0, 0.1) is 0 Å². The molecule has 0 spiro atoms. The number of amides is 3. The Morgan fingerprint density at radius 3 is 2.57 bits per heavy atom. The minimum absolute atomic E-state index is 0.103. The topological polar surface area (TPSA) is 76.6 Å². The summed E-state index contributed by atoms with van der Waals surface area (Å²) in [6.45, 7) is 7.76. The molecule has 1 N–H and O–H groups in total. The molecular formula is C27H42N4O4. The molecule has 3 atom stereocenters. The van der Waals surface area contributed by atoms with Crippen molar-refractivity contribution in [3.05, 3.63) is 29.3 Å². The second-order valence-electron chi connectivity index (χ2n) is 10.6. The SMILES string of the molecule is CCN1CCC2(O)C3Cc4ccc(OC)cc4C2(CCN3CCCN(C)C)CC(=O)N(CC)C1=O. The summed E-state index contributed by atoms with van der Waals surface area (Å²) in [7, 11) is 5.81. The maximum Gasteiger partial charge on any atom is 0.326 e. The number of methoxy groups -OCH3 is 1. The predicted octanol–water partition coefficient (Wildman–Crippen LogP) is 2.33. The molecule has 0 saturated carbocycles. The van der Waals surface area contributed by atoms with E-state index in [0.29, 0.717) is 32.5 Å². The number of ether oxygens (including phenoxy) is 1. The second-order valence-corrected chi connectivity index (χ2v) is 10.6. The third kappa shape index (κ3) is 4.34. The number of urea groups is 1. The van der Waals surface area contributed by atoms with Crippen LogP contribution in [-0.4, -0.2) is 109 Å². The lowest BCUT2D eigenvalue weighted by atomic mass is 9.52. The number of hydrogen-bond acceptors (Lipinski definition) is 6. The zero-order valence-electron chi connectivity index (χ0n) is 22.0. The van der Waals surface area contributed by atoms with E-state index in [1.165, 1.54) is 10.5 Å². The maximum absolute atomic E-state index is 13.7. The Balaban J connectivity index is 1.84. The number of likely N-dealkylation sites (tertiary alicyclic amines) is 1. The summed E-state index contributed by atoms with van der Waals surface area (Å²) in [5.74, 6) is 0.532. The molecule has 194 valence electrons. The molecule has 1 aliphatic carbocycles. The molecule has 0 aromatic heterocycles. The number of piperidine rings is 1. The summed E-state index contributed by atoms with van der Waals surface area (Å²) in [5.41, 5.74) is 0.305. The molecule has 4 rings (SSSR count). The Morgan fingerprint density at radius 1 is 1.14 bits per heavy atom. The Kier molecular flexibility index (Phi) is 7.46. The molecule has 0 radical (unpaired) electrons. The van der Waals surface area contributed by atoms with Gasteiger partial charge in [0.1, 0.15) is 5.75 Å². The molecule has 1 aromatic rings. The van der Waals surface area contributed by atoms with E-state index in [1.807, 2.05) is 26.0 Å². The van der Waals surface area contributed by atoms with E-state index < -0.39 is 11.0 Å². The Hall–Kier alpha value is -2.16. The molecule has 2 heterocycles. The third-order valence-electron chi connectivity index (χ3n) is 8.66. The highest BCUT2D eigenvalue weighted by Gasteiger charge is 2.63. The molecule has 3 aliphatic rings. The van der Waals surface area contributed by atoms with Crippen LogP contribution in [0.5, 0.6) is 5.75 Å². The van der Waals surface area contributed by atoms with Crippen molar-refractivity contribution in [2.75, 3.05) is 60.5 Å². The fraction of sp³-hybridized carbons (Fsp3) is 0.704. The van der Waals surface area contributed by atoms with Gasteiger partial charge < -0.3 is 19.6 Å². The van der Waals surface area contributed by atoms with E-state index in [9.17, 15) is 14.7 Å². The van der Waals surface area contributed by atoms with Crippen molar-refractivity contribution < 1.29 is 19.4 Å². The van der Waals surface area contributed by atoms with Crippen molar-refractivity contribution in [3.63, 3.8) is 0 Å². The Labute approximate surface area is 209 Å². The monoisotopic (exact) mass is 486 g/mol. The highest BCUT2D eigenvalue weighted by Crippen LogP contribution is 2.56. The molecule has 2 aliphatic heterocycles. The molecule has 8 nitrogen and oxygen atoms in total. The molecule has 2 bridgehead atoms. The van der Waals surface area contributed by atoms with Crippen molar-refractivity contribution >= 4 is 11.9 Å². The fourth-order valence-electron chi connectivity index (χ4n) is 6.75. The number of benzene rings is 1. The van der Waals surface area contributed by atoms with Gasteiger partial charge in [-0.05, 0) is 96.5 Å². The van der Waals surface area contributed by atoms with Gasteiger partial charge in [0, 0.05) is 37.5 Å². The van der Waals surface area contributed by atoms with Crippen molar-refractivity contribution in [1.29, 1.82) is 0 Å². The van der Waals surface area contributed by atoms with Gasteiger partial charge in [-0.25, -0.2) is 4.79 Å². The van der Waals surface area contributed by atoms with Gasteiger partial charge in [0.25, 0.3) is 0 Å². The largest absolute Gasteiger partial charge is 0.497 e. The summed E-state index contributed by atoms with van der Waals surface area (Å²) in [6, 6.07) is 5.75. The van der Waals surface area contributed by atoms with Gasteiger partial charge in [-0.2, -0.15) is 0 Å². The molecule has 3 unspecified atom stereocenters. The minimum Gasteiger partial charge on any atom is -0.497 e. The number of aliphatic hydroxyl groups is 1. The summed E-state index contributed by atoms with van der Waals surface area (Å²) in [6.07, 6.45) is 2.99. The lowest BCUT2D eigenvalue weighted by molar-refractivity contribution is -0.161. The zero-order valence-corrected chi connectivity index (χ0v) is 22.0. The Morgan fingerprint density at radius 2 is 1.91 bits per heavy atom. The Bertz CT molecular complexity index is 953. The zero-order chi connectivity index (χ0) is 25.4. The maximum atomic E-state index is 13.7. The first-order valence-corrected chi connectivity index (χ1v) is 13.1. The summed E-state index contributed by atoms with van der Waals surface area (Å²) < 4.78 is 5.57. The average Bonchev–Trinajstić information content (AvgIpc) is 2.85. The number of nitrogens with zero attached hydrogens (tertiary/aromatic N) is 4. The van der Waals surface area contributed by atoms with Crippen molar-refractivity contribution in [2.24, 2.45) is 0 Å². The number of imide groups is 1. The number of fused-ring (bicyclic) bond motifs is 1. The van der Waals surface area contributed by atoms with Crippen LogP contribution in [0.1, 0.15) is 50.7 Å². The van der Waals surface area contributed by atoms with Crippen molar-refractivity contribution in [3.8, 4) is 5.75 Å². The molecule has 2 saturated heterocycles. The van der Waals surface area contributed by atoms with Crippen LogP contribution in [0.15, 0.2) is 18.2 Å². The predicted molar refractivity (Wildman–Crippen MR) is 136 cm³/mol. The molecule has 3 amide bonds. The lowest BCUT2D eigenvalue weighted by Gasteiger charge is -2.62. The summed E-state index contributed by atoms with van der Waals surface area (Å²) in [5, 5.41) is 12.8. The van der Waals surface area contributed by atoms with Crippen LogP contribution in [0.2, 0.25) is 0 Å². The van der Waals surface area contributed by atoms with Gasteiger partial charge in [-0.1, -0.05) is 6.07 Å². The smallest absolute Gasteiger partial charge is 0.326 e. The third-order valence-corrected chi connectivity index (χ3v) is 8.66. The average molecular weight is 487 g/mol. The van der Waals surface area contributed by atoms with Gasteiger partial charge in [0.05, 0.1) is 12.7 Å². The molecule has 1 aromatic carbocycles. The van der Waals surface area contributed by atoms with Crippen molar-refractivity contribution in [1.82, 2.24) is 19.6 Å². The molecule has 2 fully saturated rings. The van der Waals surface area contributed by atoms with Gasteiger partial charge >= 0.3 is 6.03 Å². The van der Waals surface area contributed by atoms with E-state index >= 15 is 0 Å². The van der Waals surface area contributed by atoms with E-state index in [4.69, 9.17) is 4.74 Å². The summed E-state index contributed by atoms with van der Waals surface area (Å²) >= 11 is 0. The first-order valence-electron chi connectivity index (χ1n) is 13.1. The van der Waals surface area contributed by atoms with Gasteiger partial charge in [0.2, 0.25) is 5.91 Å². The van der Waals surface area contributed by atoms with Gasteiger partial charge in [-0.15, -0.1) is 0 Å². The highest BCUT2D eigenvalue weighted by molar-refractivity contribution is 5.95.